The Kier molecular flexibility index (Phi) is 9.76. The Balaban J connectivity index is 1.62. The molecule has 0 spiro atoms. The number of halogens is 7. The molecule has 0 fully saturated rings. The highest BCUT2D eigenvalue weighted by Crippen LogP contribution is 2.39. The molecule has 5 rings (SSSR count). The third kappa shape index (κ3) is 6.84. The number of esters is 1. The smallest absolute Gasteiger partial charge is 0.434 e. The zero-order chi connectivity index (χ0) is 31.8. The fourth-order valence-electron chi connectivity index (χ4n) is 4.54. The quantitative estimate of drug-likeness (QED) is 0.180. The highest BCUT2D eigenvalue weighted by Gasteiger charge is 2.45. The van der Waals surface area contributed by atoms with Crippen LogP contribution in [-0.4, -0.2) is 23.3 Å². The number of allylic oxidation sites excluding steroid dienone is 1. The first-order chi connectivity index (χ1) is 20.9. The van der Waals surface area contributed by atoms with Gasteiger partial charge < -0.3 is 9.47 Å². The lowest BCUT2D eigenvalue weighted by atomic mass is 9.95. The molecule has 1 atom stereocenters. The van der Waals surface area contributed by atoms with E-state index in [-0.39, 0.29) is 28.1 Å². The van der Waals surface area contributed by atoms with Gasteiger partial charge in [0, 0.05) is 10.0 Å². The zero-order valence-electron chi connectivity index (χ0n) is 22.4. The van der Waals surface area contributed by atoms with E-state index in [4.69, 9.17) is 32.7 Å². The predicted octanol–water partition coefficient (Wildman–Crippen LogP) is 7.75. The molecule has 0 radical (unpaired) electrons. The molecule has 44 heavy (non-hydrogen) atoms. The van der Waals surface area contributed by atoms with Crippen molar-refractivity contribution in [1.29, 1.82) is 0 Å². The summed E-state index contributed by atoms with van der Waals surface area (Å²) < 4.78 is 56.2. The normalized spacial score (nSPS) is 15.2. The molecule has 0 aliphatic carbocycles. The summed E-state index contributed by atoms with van der Waals surface area (Å²) in [5.41, 5.74) is -1.20. The molecule has 6 nitrogen and oxygen atoms in total. The van der Waals surface area contributed by atoms with Gasteiger partial charge in [-0.05, 0) is 97.9 Å². The van der Waals surface area contributed by atoms with Crippen molar-refractivity contribution in [2.45, 2.75) is 25.7 Å². The molecule has 2 heterocycles. The van der Waals surface area contributed by atoms with Crippen LogP contribution in [0.3, 0.4) is 0 Å². The number of benzene rings is 3. The molecule has 1 aromatic heterocycles. The largest absolute Gasteiger partial charge is 0.487 e. The molecule has 4 aromatic rings. The van der Waals surface area contributed by atoms with Crippen LogP contribution in [-0.2, 0) is 16.1 Å². The van der Waals surface area contributed by atoms with Gasteiger partial charge in [0.25, 0.3) is 5.56 Å². The molecular formula is C30H19Br2Cl2F3N2O4S. The highest BCUT2D eigenvalue weighted by molar-refractivity contribution is 9.11. The van der Waals surface area contributed by atoms with Gasteiger partial charge in [0.1, 0.15) is 12.4 Å². The Morgan fingerprint density at radius 2 is 1.75 bits per heavy atom. The molecule has 1 aliphatic rings. The Hall–Kier alpha value is -2.90. The van der Waals surface area contributed by atoms with Gasteiger partial charge in [0.2, 0.25) is 0 Å². The average molecular weight is 791 g/mol. The van der Waals surface area contributed by atoms with Crippen molar-refractivity contribution in [3.8, 4) is 5.75 Å². The van der Waals surface area contributed by atoms with Gasteiger partial charge in [0.05, 0.1) is 31.7 Å². The zero-order valence-corrected chi connectivity index (χ0v) is 27.9. The van der Waals surface area contributed by atoms with Gasteiger partial charge in [-0.15, -0.1) is 0 Å². The van der Waals surface area contributed by atoms with Gasteiger partial charge in [-0.25, -0.2) is 9.79 Å². The first kappa shape index (κ1) is 32.5. The minimum Gasteiger partial charge on any atom is -0.487 e. The van der Waals surface area contributed by atoms with Crippen molar-refractivity contribution >= 4 is 78.4 Å². The summed E-state index contributed by atoms with van der Waals surface area (Å²) in [5, 5.41) is 0.908. The van der Waals surface area contributed by atoms with E-state index in [0.717, 1.165) is 21.5 Å². The second-order valence-corrected chi connectivity index (χ2v) is 12.9. The minimum atomic E-state index is -5.00. The standard InChI is InChI=1S/C30H19Br2Cl2F3N2O4S/c1-2-42-28(41)23-24(17-6-8-18(33)9-7-17)39-27(40)22(44-29(39)38-26(23)30(35,36)37)13-16-11-20(31)25(21(32)12-16)43-14-15-4-3-5-19(34)10-15/h3-13,24H,2,14H2,1H3/b22-13-/t24-/m0/s1. The Labute approximate surface area is 279 Å². The molecule has 228 valence electrons. The number of rotatable bonds is 7. The molecule has 0 bridgehead atoms. The molecular weight excluding hydrogens is 772 g/mol. The van der Waals surface area contributed by atoms with E-state index in [1.807, 2.05) is 12.1 Å². The average Bonchev–Trinajstić information content (AvgIpc) is 3.26. The number of aromatic nitrogens is 1. The molecule has 0 amide bonds. The van der Waals surface area contributed by atoms with Crippen molar-refractivity contribution in [3.05, 3.63) is 127 Å². The molecule has 0 N–H and O–H groups in total. The number of hydrogen-bond donors (Lipinski definition) is 0. The molecule has 0 saturated heterocycles. The van der Waals surface area contributed by atoms with Gasteiger partial charge in [-0.3, -0.25) is 9.36 Å². The lowest BCUT2D eigenvalue weighted by Gasteiger charge is -2.26. The van der Waals surface area contributed by atoms with Crippen LogP contribution in [0.2, 0.25) is 10.0 Å². The summed E-state index contributed by atoms with van der Waals surface area (Å²) in [6.45, 7) is 1.54. The number of carbonyl (C=O) groups excluding carboxylic acids is 1. The molecule has 14 heteroatoms. The Morgan fingerprint density at radius 1 is 1.07 bits per heavy atom. The summed E-state index contributed by atoms with van der Waals surface area (Å²) in [7, 11) is 0. The monoisotopic (exact) mass is 788 g/mol. The van der Waals surface area contributed by atoms with E-state index >= 15 is 0 Å². The second-order valence-electron chi connectivity index (χ2n) is 9.35. The summed E-state index contributed by atoms with van der Waals surface area (Å²) in [6.07, 6.45) is -3.47. The molecule has 3 aromatic carbocycles. The first-order valence-corrected chi connectivity index (χ1v) is 15.9. The number of hydrogen-bond acceptors (Lipinski definition) is 6. The van der Waals surface area contributed by atoms with Crippen LogP contribution in [0, 0.1) is 0 Å². The van der Waals surface area contributed by atoms with E-state index in [2.05, 4.69) is 36.9 Å². The fraction of sp³-hybridized carbons (Fsp3) is 0.167. The third-order valence-electron chi connectivity index (χ3n) is 6.37. The fourth-order valence-corrected chi connectivity index (χ4v) is 7.33. The van der Waals surface area contributed by atoms with Crippen molar-refractivity contribution in [2.24, 2.45) is 4.99 Å². The number of fused-ring (bicyclic) bond motifs is 1. The van der Waals surface area contributed by atoms with Crippen molar-refractivity contribution in [2.75, 3.05) is 6.61 Å². The molecule has 0 saturated carbocycles. The van der Waals surface area contributed by atoms with E-state index in [0.29, 0.717) is 30.3 Å². The lowest BCUT2D eigenvalue weighted by molar-refractivity contribution is -0.140. The first-order valence-electron chi connectivity index (χ1n) is 12.8. The van der Waals surface area contributed by atoms with Gasteiger partial charge >= 0.3 is 12.1 Å². The Bertz CT molecular complexity index is 1950. The van der Waals surface area contributed by atoms with Crippen LogP contribution in [0.4, 0.5) is 13.2 Å². The number of nitrogens with zero attached hydrogens (tertiary/aromatic N) is 2. The maximum absolute atomic E-state index is 14.3. The van der Waals surface area contributed by atoms with Crippen LogP contribution in [0.25, 0.3) is 6.08 Å². The van der Waals surface area contributed by atoms with Crippen molar-refractivity contribution in [3.63, 3.8) is 0 Å². The van der Waals surface area contributed by atoms with E-state index in [9.17, 15) is 22.8 Å². The third-order valence-corrected chi connectivity index (χ3v) is 9.02. The summed E-state index contributed by atoms with van der Waals surface area (Å²) in [4.78, 5) is 30.3. The van der Waals surface area contributed by atoms with Gasteiger partial charge in [0.15, 0.2) is 10.5 Å². The molecule has 1 aliphatic heterocycles. The van der Waals surface area contributed by atoms with E-state index in [1.165, 1.54) is 37.3 Å². The van der Waals surface area contributed by atoms with Crippen LogP contribution in [0.1, 0.15) is 29.7 Å². The van der Waals surface area contributed by atoms with Gasteiger partial charge in [-0.1, -0.05) is 58.8 Å². The van der Waals surface area contributed by atoms with Crippen LogP contribution in [0.5, 0.6) is 5.75 Å². The predicted molar refractivity (Wildman–Crippen MR) is 170 cm³/mol. The topological polar surface area (TPSA) is 69.9 Å². The summed E-state index contributed by atoms with van der Waals surface area (Å²) in [6, 6.07) is 15.0. The molecule has 0 unspecified atom stereocenters. The maximum atomic E-state index is 14.3. The van der Waals surface area contributed by atoms with E-state index < -0.39 is 35.0 Å². The number of thiazole rings is 1. The van der Waals surface area contributed by atoms with Crippen LogP contribution >= 0.6 is 66.4 Å². The summed E-state index contributed by atoms with van der Waals surface area (Å²) >= 11 is 19.8. The van der Waals surface area contributed by atoms with Gasteiger partial charge in [-0.2, -0.15) is 13.2 Å². The Morgan fingerprint density at radius 3 is 2.36 bits per heavy atom. The highest BCUT2D eigenvalue weighted by atomic mass is 79.9. The number of ether oxygens (including phenoxy) is 2. The maximum Gasteiger partial charge on any atom is 0.434 e. The lowest BCUT2D eigenvalue weighted by Crippen LogP contribution is -2.41. The second kappa shape index (κ2) is 13.2. The van der Waals surface area contributed by atoms with Crippen molar-refractivity contribution < 1.29 is 27.4 Å². The SMILES string of the molecule is CCOC(=O)C1=C(C(F)(F)F)N=c2s/c(=C\c3cc(Br)c(OCc4cccc(Cl)c4)c(Br)c3)c(=O)n2[C@H]1c1ccc(Cl)cc1. The number of alkyl halides is 3. The number of carbonyl (C=O) groups is 1. The minimum absolute atomic E-state index is 0.0979. The van der Waals surface area contributed by atoms with Crippen LogP contribution < -0.4 is 19.6 Å². The van der Waals surface area contributed by atoms with E-state index in [1.54, 1.807) is 24.3 Å². The van der Waals surface area contributed by atoms with Crippen molar-refractivity contribution in [1.82, 2.24) is 4.57 Å². The van der Waals surface area contributed by atoms with Crippen LogP contribution in [0.15, 0.2) is 90.7 Å². The summed E-state index contributed by atoms with van der Waals surface area (Å²) in [5.74, 6) is -0.723.